The van der Waals surface area contributed by atoms with Gasteiger partial charge >= 0.3 is 0 Å². The molecule has 0 spiro atoms. The fraction of sp³-hybridized carbons (Fsp3) is 0.500. The number of methoxy groups -OCH3 is 1. The smallest absolute Gasteiger partial charge is 0.173 e. The Bertz CT molecular complexity index is 105. The molecule has 0 unspecified atom stereocenters. The summed E-state index contributed by atoms with van der Waals surface area (Å²) in [7, 11) is 1.46. The zero-order valence-corrected chi connectivity index (χ0v) is 4.79. The molecule has 7 heavy (non-hydrogen) atoms. The van der Waals surface area contributed by atoms with Gasteiger partial charge in [-0.2, -0.15) is 5.26 Å². The number of nitriles is 1. The molecule has 0 aliphatic heterocycles. The maximum absolute atomic E-state index is 7.95. The van der Waals surface area contributed by atoms with Crippen LogP contribution in [0.4, 0.5) is 0 Å². The largest absolute Gasteiger partial charge is 0.489 e. The molecule has 0 heterocycles. The van der Waals surface area contributed by atoms with Crippen LogP contribution >= 0.6 is 12.2 Å². The summed E-state index contributed by atoms with van der Waals surface area (Å²) in [5, 5.41) is 8.30. The summed E-state index contributed by atoms with van der Waals surface area (Å²) >= 11 is 4.51. The number of thiocarbonyl (C=S) groups is 1. The normalized spacial score (nSPS) is 6.86. The van der Waals surface area contributed by atoms with Gasteiger partial charge in [0, 0.05) is 0 Å². The highest BCUT2D eigenvalue weighted by Gasteiger charge is 1.87. The van der Waals surface area contributed by atoms with E-state index in [0.717, 1.165) is 0 Å². The van der Waals surface area contributed by atoms with Crippen molar-refractivity contribution in [2.75, 3.05) is 7.11 Å². The van der Waals surface area contributed by atoms with Crippen molar-refractivity contribution in [3.8, 4) is 6.07 Å². The van der Waals surface area contributed by atoms with Crippen molar-refractivity contribution >= 4 is 17.3 Å². The van der Waals surface area contributed by atoms with Crippen LogP contribution in [0.2, 0.25) is 0 Å². The Morgan fingerprint density at radius 2 is 2.57 bits per heavy atom. The van der Waals surface area contributed by atoms with Crippen LogP contribution in [-0.4, -0.2) is 12.2 Å². The van der Waals surface area contributed by atoms with E-state index in [1.807, 2.05) is 6.07 Å². The Kier molecular flexibility index (Phi) is 3.25. The van der Waals surface area contributed by atoms with Crippen molar-refractivity contribution < 1.29 is 4.74 Å². The van der Waals surface area contributed by atoms with Gasteiger partial charge < -0.3 is 4.74 Å². The second-order valence-electron chi connectivity index (χ2n) is 0.911. The van der Waals surface area contributed by atoms with E-state index in [4.69, 9.17) is 5.26 Å². The van der Waals surface area contributed by atoms with Crippen molar-refractivity contribution in [1.29, 1.82) is 5.26 Å². The molecule has 3 heteroatoms. The molecule has 38 valence electrons. The summed E-state index contributed by atoms with van der Waals surface area (Å²) in [5.41, 5.74) is 0. The lowest BCUT2D eigenvalue weighted by molar-refractivity contribution is 0.407. The molecule has 0 aromatic rings. The van der Waals surface area contributed by atoms with Gasteiger partial charge in [0.05, 0.1) is 13.2 Å². The molecular weight excluding hydrogens is 110 g/mol. The first-order valence-electron chi connectivity index (χ1n) is 1.75. The fourth-order valence-corrected chi connectivity index (χ4v) is 0.201. The number of hydrogen-bond acceptors (Lipinski definition) is 3. The van der Waals surface area contributed by atoms with Gasteiger partial charge in [0.15, 0.2) is 5.05 Å². The highest BCUT2D eigenvalue weighted by Crippen LogP contribution is 1.82. The van der Waals surface area contributed by atoms with Crippen molar-refractivity contribution in [2.45, 2.75) is 6.42 Å². The Morgan fingerprint density at radius 3 is 2.71 bits per heavy atom. The maximum Gasteiger partial charge on any atom is 0.173 e. The zero-order chi connectivity index (χ0) is 5.70. The number of hydrogen-bond donors (Lipinski definition) is 0. The van der Waals surface area contributed by atoms with Crippen LogP contribution in [0.15, 0.2) is 0 Å². The van der Waals surface area contributed by atoms with Crippen LogP contribution in [0.5, 0.6) is 0 Å². The van der Waals surface area contributed by atoms with Crippen LogP contribution in [-0.2, 0) is 4.74 Å². The van der Waals surface area contributed by atoms with Gasteiger partial charge in [-0.3, -0.25) is 0 Å². The highest BCUT2D eigenvalue weighted by atomic mass is 32.1. The van der Waals surface area contributed by atoms with Crippen molar-refractivity contribution in [2.24, 2.45) is 0 Å². The van der Waals surface area contributed by atoms with E-state index < -0.39 is 0 Å². The van der Waals surface area contributed by atoms with Crippen LogP contribution in [0.3, 0.4) is 0 Å². The van der Waals surface area contributed by atoms with E-state index >= 15 is 0 Å². The summed E-state index contributed by atoms with van der Waals surface area (Å²) in [6.45, 7) is 0. The second-order valence-corrected chi connectivity index (χ2v) is 1.37. The third-order valence-corrected chi connectivity index (χ3v) is 0.762. The molecule has 0 aromatic carbocycles. The summed E-state index contributed by atoms with van der Waals surface area (Å²) in [4.78, 5) is 0. The Labute approximate surface area is 47.7 Å². The van der Waals surface area contributed by atoms with Crippen LogP contribution < -0.4 is 0 Å². The number of ether oxygens (including phenoxy) is 1. The highest BCUT2D eigenvalue weighted by molar-refractivity contribution is 7.80. The molecule has 0 aromatic heterocycles. The van der Waals surface area contributed by atoms with Crippen LogP contribution in [0.1, 0.15) is 6.42 Å². The van der Waals surface area contributed by atoms with Crippen LogP contribution in [0.25, 0.3) is 0 Å². The van der Waals surface area contributed by atoms with Crippen molar-refractivity contribution in [1.82, 2.24) is 0 Å². The standard InChI is InChI=1S/C4H5NOS/c1-6-4(7)2-3-5/h2H2,1H3. The average molecular weight is 115 g/mol. The van der Waals surface area contributed by atoms with E-state index in [2.05, 4.69) is 17.0 Å². The third-order valence-electron chi connectivity index (χ3n) is 0.451. The molecule has 0 aliphatic rings. The first-order valence-corrected chi connectivity index (χ1v) is 2.16. The average Bonchev–Trinajstić information content (AvgIpc) is 1.68. The van der Waals surface area contributed by atoms with Crippen molar-refractivity contribution in [3.05, 3.63) is 0 Å². The van der Waals surface area contributed by atoms with Gasteiger partial charge in [-0.25, -0.2) is 0 Å². The lowest BCUT2D eigenvalue weighted by Gasteiger charge is -1.90. The maximum atomic E-state index is 7.95. The van der Waals surface area contributed by atoms with E-state index in [1.54, 1.807) is 0 Å². The molecule has 0 N–H and O–H groups in total. The minimum Gasteiger partial charge on any atom is -0.489 e. The molecule has 0 rings (SSSR count). The predicted molar refractivity (Wildman–Crippen MR) is 29.8 cm³/mol. The molecule has 0 aliphatic carbocycles. The van der Waals surface area contributed by atoms with Crippen molar-refractivity contribution in [3.63, 3.8) is 0 Å². The molecule has 0 radical (unpaired) electrons. The lowest BCUT2D eigenvalue weighted by atomic mass is 10.5. The summed E-state index contributed by atoms with van der Waals surface area (Å²) in [6.07, 6.45) is 0.214. The molecule has 0 amide bonds. The third kappa shape index (κ3) is 3.20. The van der Waals surface area contributed by atoms with E-state index in [0.29, 0.717) is 5.05 Å². The summed E-state index contributed by atoms with van der Waals surface area (Å²) < 4.78 is 4.50. The Hall–Kier alpha value is -0.620. The van der Waals surface area contributed by atoms with Gasteiger partial charge in [-0.1, -0.05) is 0 Å². The first-order chi connectivity index (χ1) is 3.31. The topological polar surface area (TPSA) is 33.0 Å². The Balaban J connectivity index is 3.23. The van der Waals surface area contributed by atoms with E-state index in [9.17, 15) is 0 Å². The van der Waals surface area contributed by atoms with E-state index in [-0.39, 0.29) is 6.42 Å². The second kappa shape index (κ2) is 3.57. The summed E-state index contributed by atoms with van der Waals surface area (Å²) in [6, 6.07) is 1.85. The number of rotatable bonds is 1. The zero-order valence-electron chi connectivity index (χ0n) is 3.97. The minimum atomic E-state index is 0.214. The van der Waals surface area contributed by atoms with Gasteiger partial charge in [0.25, 0.3) is 0 Å². The van der Waals surface area contributed by atoms with Gasteiger partial charge in [-0.15, -0.1) is 0 Å². The molecule has 0 saturated heterocycles. The molecule has 0 fully saturated rings. The quantitative estimate of drug-likeness (QED) is 0.475. The fourth-order valence-electron chi connectivity index (χ4n) is 0.137. The van der Waals surface area contributed by atoms with Crippen LogP contribution in [0, 0.1) is 11.3 Å². The van der Waals surface area contributed by atoms with Gasteiger partial charge in [-0.05, 0) is 12.2 Å². The molecule has 0 saturated carbocycles. The minimum absolute atomic E-state index is 0.214. The molecule has 0 atom stereocenters. The predicted octanol–water partition coefficient (Wildman–Crippen LogP) is 0.874. The molecule has 0 bridgehead atoms. The summed E-state index contributed by atoms with van der Waals surface area (Å²) in [5.74, 6) is 0. The molecule has 2 nitrogen and oxygen atoms in total. The Morgan fingerprint density at radius 1 is 2.00 bits per heavy atom. The lowest BCUT2D eigenvalue weighted by Crippen LogP contribution is -1.92. The van der Waals surface area contributed by atoms with Gasteiger partial charge in [0.1, 0.15) is 6.42 Å². The number of nitrogens with zero attached hydrogens (tertiary/aromatic N) is 1. The monoisotopic (exact) mass is 115 g/mol. The van der Waals surface area contributed by atoms with E-state index in [1.165, 1.54) is 7.11 Å². The molecular formula is C4H5NOS. The SMILES string of the molecule is COC(=S)CC#N. The first kappa shape index (κ1) is 6.38. The van der Waals surface area contributed by atoms with Gasteiger partial charge in [0.2, 0.25) is 0 Å².